The minimum absolute atomic E-state index is 0.180. The molecule has 26 heavy (non-hydrogen) atoms. The molecular weight excluding hydrogens is 329 g/mol. The highest BCUT2D eigenvalue weighted by Crippen LogP contribution is 2.22. The second-order valence-corrected chi connectivity index (χ2v) is 6.13. The van der Waals surface area contributed by atoms with Crippen molar-refractivity contribution in [3.63, 3.8) is 0 Å². The van der Waals surface area contributed by atoms with Crippen LogP contribution in [0.5, 0.6) is 0 Å². The SMILES string of the molecule is CCCCCNC(=O)c1cc(-c2ccccc2)nn1-c1ccc(F)cc1. The Morgan fingerprint density at radius 3 is 2.50 bits per heavy atom. The van der Waals surface area contributed by atoms with Gasteiger partial charge in [0, 0.05) is 12.1 Å². The Morgan fingerprint density at radius 2 is 1.81 bits per heavy atom. The summed E-state index contributed by atoms with van der Waals surface area (Å²) in [5.41, 5.74) is 2.71. The predicted molar refractivity (Wildman–Crippen MR) is 101 cm³/mol. The molecule has 0 bridgehead atoms. The molecule has 0 saturated carbocycles. The smallest absolute Gasteiger partial charge is 0.270 e. The maximum atomic E-state index is 13.3. The van der Waals surface area contributed by atoms with E-state index in [2.05, 4.69) is 17.3 Å². The fourth-order valence-corrected chi connectivity index (χ4v) is 2.74. The molecule has 0 aliphatic rings. The van der Waals surface area contributed by atoms with Crippen LogP contribution >= 0.6 is 0 Å². The zero-order chi connectivity index (χ0) is 18.4. The summed E-state index contributed by atoms with van der Waals surface area (Å²) in [6.45, 7) is 2.75. The van der Waals surface area contributed by atoms with Crippen molar-refractivity contribution in [3.8, 4) is 16.9 Å². The first kappa shape index (κ1) is 17.9. The second-order valence-electron chi connectivity index (χ2n) is 6.13. The number of nitrogens with one attached hydrogen (secondary N) is 1. The number of nitrogens with zero attached hydrogens (tertiary/aromatic N) is 2. The molecule has 3 aromatic rings. The molecule has 1 heterocycles. The normalized spacial score (nSPS) is 10.7. The second kappa shape index (κ2) is 8.43. The predicted octanol–water partition coefficient (Wildman–Crippen LogP) is 4.60. The van der Waals surface area contributed by atoms with Gasteiger partial charge in [0.2, 0.25) is 0 Å². The summed E-state index contributed by atoms with van der Waals surface area (Å²) in [6.07, 6.45) is 3.12. The van der Waals surface area contributed by atoms with Gasteiger partial charge in [-0.1, -0.05) is 50.1 Å². The first-order chi connectivity index (χ1) is 12.7. The van der Waals surface area contributed by atoms with Crippen molar-refractivity contribution in [1.82, 2.24) is 15.1 Å². The molecule has 1 N–H and O–H groups in total. The van der Waals surface area contributed by atoms with Crippen molar-refractivity contribution in [2.24, 2.45) is 0 Å². The van der Waals surface area contributed by atoms with Crippen LogP contribution in [0.25, 0.3) is 16.9 Å². The van der Waals surface area contributed by atoms with E-state index in [0.717, 1.165) is 24.8 Å². The monoisotopic (exact) mass is 351 g/mol. The number of hydrogen-bond donors (Lipinski definition) is 1. The number of halogens is 1. The molecule has 0 unspecified atom stereocenters. The molecule has 0 atom stereocenters. The molecule has 0 aliphatic heterocycles. The molecule has 0 fully saturated rings. The topological polar surface area (TPSA) is 46.9 Å². The highest BCUT2D eigenvalue weighted by atomic mass is 19.1. The number of amides is 1. The van der Waals surface area contributed by atoms with Crippen LogP contribution in [-0.4, -0.2) is 22.2 Å². The van der Waals surface area contributed by atoms with E-state index in [0.29, 0.717) is 23.6 Å². The number of benzene rings is 2. The zero-order valence-electron chi connectivity index (χ0n) is 14.8. The molecule has 0 aliphatic carbocycles. The molecule has 0 saturated heterocycles. The fraction of sp³-hybridized carbons (Fsp3) is 0.238. The lowest BCUT2D eigenvalue weighted by Crippen LogP contribution is -2.26. The van der Waals surface area contributed by atoms with Gasteiger partial charge in [-0.15, -0.1) is 0 Å². The number of unbranched alkanes of at least 4 members (excludes halogenated alkanes) is 2. The van der Waals surface area contributed by atoms with Gasteiger partial charge in [0.05, 0.1) is 11.4 Å². The lowest BCUT2D eigenvalue weighted by Gasteiger charge is -2.08. The van der Waals surface area contributed by atoms with E-state index in [1.165, 1.54) is 12.1 Å². The number of hydrogen-bond acceptors (Lipinski definition) is 2. The summed E-state index contributed by atoms with van der Waals surface area (Å²) in [5.74, 6) is -0.505. The number of carbonyl (C=O) groups excluding carboxylic acids is 1. The Bertz CT molecular complexity index is 857. The molecule has 5 heteroatoms. The highest BCUT2D eigenvalue weighted by molar-refractivity contribution is 5.94. The molecule has 2 aromatic carbocycles. The largest absolute Gasteiger partial charge is 0.351 e. The van der Waals surface area contributed by atoms with Gasteiger partial charge in [-0.2, -0.15) is 5.10 Å². The van der Waals surface area contributed by atoms with Gasteiger partial charge in [-0.05, 0) is 36.8 Å². The van der Waals surface area contributed by atoms with E-state index in [-0.39, 0.29) is 11.7 Å². The average molecular weight is 351 g/mol. The zero-order valence-corrected chi connectivity index (χ0v) is 14.8. The molecule has 1 amide bonds. The van der Waals surface area contributed by atoms with Gasteiger partial charge >= 0.3 is 0 Å². The van der Waals surface area contributed by atoms with Crippen molar-refractivity contribution in [1.29, 1.82) is 0 Å². The maximum absolute atomic E-state index is 13.3. The van der Waals surface area contributed by atoms with Crippen LogP contribution in [0.3, 0.4) is 0 Å². The Hall–Kier alpha value is -2.95. The van der Waals surface area contributed by atoms with E-state index in [9.17, 15) is 9.18 Å². The van der Waals surface area contributed by atoms with E-state index < -0.39 is 0 Å². The summed E-state index contributed by atoms with van der Waals surface area (Å²) in [6, 6.07) is 17.4. The van der Waals surface area contributed by atoms with Crippen LogP contribution in [0, 0.1) is 5.82 Å². The van der Waals surface area contributed by atoms with Crippen molar-refractivity contribution in [3.05, 3.63) is 72.2 Å². The van der Waals surface area contributed by atoms with Crippen molar-refractivity contribution in [2.75, 3.05) is 6.54 Å². The summed E-state index contributed by atoms with van der Waals surface area (Å²) in [7, 11) is 0. The molecule has 0 radical (unpaired) electrons. The van der Waals surface area contributed by atoms with Gasteiger partial charge in [-0.25, -0.2) is 9.07 Å². The van der Waals surface area contributed by atoms with Gasteiger partial charge in [0.25, 0.3) is 5.91 Å². The third-order valence-corrected chi connectivity index (χ3v) is 4.15. The molecule has 134 valence electrons. The Balaban J connectivity index is 1.93. The van der Waals surface area contributed by atoms with E-state index in [1.807, 2.05) is 30.3 Å². The van der Waals surface area contributed by atoms with Gasteiger partial charge < -0.3 is 5.32 Å². The maximum Gasteiger partial charge on any atom is 0.270 e. The number of aromatic nitrogens is 2. The van der Waals surface area contributed by atoms with E-state index in [1.54, 1.807) is 22.9 Å². The number of carbonyl (C=O) groups is 1. The average Bonchev–Trinajstić information content (AvgIpc) is 3.12. The van der Waals surface area contributed by atoms with Crippen LogP contribution < -0.4 is 5.32 Å². The van der Waals surface area contributed by atoms with Crippen molar-refractivity contribution in [2.45, 2.75) is 26.2 Å². The van der Waals surface area contributed by atoms with Crippen LogP contribution in [0.2, 0.25) is 0 Å². The minimum Gasteiger partial charge on any atom is -0.351 e. The Morgan fingerprint density at radius 1 is 1.08 bits per heavy atom. The summed E-state index contributed by atoms with van der Waals surface area (Å²) >= 11 is 0. The summed E-state index contributed by atoms with van der Waals surface area (Å²) < 4.78 is 14.8. The first-order valence-corrected chi connectivity index (χ1v) is 8.88. The highest BCUT2D eigenvalue weighted by Gasteiger charge is 2.17. The molecule has 1 aromatic heterocycles. The van der Waals surface area contributed by atoms with Gasteiger partial charge in [-0.3, -0.25) is 4.79 Å². The Labute approximate surface area is 152 Å². The third kappa shape index (κ3) is 4.17. The summed E-state index contributed by atoms with van der Waals surface area (Å²) in [5, 5.41) is 7.53. The molecule has 3 rings (SSSR count). The van der Waals surface area contributed by atoms with Crippen molar-refractivity contribution < 1.29 is 9.18 Å². The van der Waals surface area contributed by atoms with Crippen molar-refractivity contribution >= 4 is 5.91 Å². The van der Waals surface area contributed by atoms with Gasteiger partial charge in [0.1, 0.15) is 11.5 Å². The Kier molecular flexibility index (Phi) is 5.79. The molecule has 4 nitrogen and oxygen atoms in total. The third-order valence-electron chi connectivity index (χ3n) is 4.15. The standard InChI is InChI=1S/C21H22FN3O/c1-2-3-7-14-23-21(26)20-15-19(16-8-5-4-6-9-16)24-25(20)18-12-10-17(22)11-13-18/h4-6,8-13,15H,2-3,7,14H2,1H3,(H,23,26). The minimum atomic E-state index is -0.324. The lowest BCUT2D eigenvalue weighted by atomic mass is 10.1. The molecule has 0 spiro atoms. The van der Waals surface area contributed by atoms with Gasteiger partial charge in [0.15, 0.2) is 0 Å². The van der Waals surface area contributed by atoms with Crippen LogP contribution in [0.4, 0.5) is 4.39 Å². The van der Waals surface area contributed by atoms with Crippen LogP contribution in [0.1, 0.15) is 36.7 Å². The number of rotatable bonds is 7. The van der Waals surface area contributed by atoms with E-state index in [4.69, 9.17) is 0 Å². The van der Waals surface area contributed by atoms with Crippen LogP contribution in [-0.2, 0) is 0 Å². The fourth-order valence-electron chi connectivity index (χ4n) is 2.74. The summed E-state index contributed by atoms with van der Waals surface area (Å²) in [4.78, 5) is 12.7. The quantitative estimate of drug-likeness (QED) is 0.633. The van der Waals surface area contributed by atoms with Crippen LogP contribution in [0.15, 0.2) is 60.7 Å². The lowest BCUT2D eigenvalue weighted by molar-refractivity contribution is 0.0945. The first-order valence-electron chi connectivity index (χ1n) is 8.88. The molecular formula is C21H22FN3O. The van der Waals surface area contributed by atoms with E-state index >= 15 is 0 Å².